The Morgan fingerprint density at radius 3 is 2.91 bits per heavy atom. The van der Waals surface area contributed by atoms with Gasteiger partial charge < -0.3 is 19.0 Å². The maximum atomic E-state index is 11.4. The number of aromatic nitrogens is 2. The highest BCUT2D eigenvalue weighted by molar-refractivity contribution is 5.91. The molecule has 0 aliphatic carbocycles. The van der Waals surface area contributed by atoms with E-state index in [9.17, 15) is 9.90 Å². The molecule has 1 N–H and O–H groups in total. The lowest BCUT2D eigenvalue weighted by Crippen LogP contribution is -2.11. The summed E-state index contributed by atoms with van der Waals surface area (Å²) in [5.74, 6) is -0.668. The highest BCUT2D eigenvalue weighted by Gasteiger charge is 2.21. The molecule has 1 fully saturated rings. The van der Waals surface area contributed by atoms with Gasteiger partial charge in [0.05, 0.1) is 11.8 Å². The van der Waals surface area contributed by atoms with Crippen LogP contribution in [0, 0.1) is 0 Å². The second kappa shape index (κ2) is 5.96. The highest BCUT2D eigenvalue weighted by atomic mass is 16.5. The summed E-state index contributed by atoms with van der Waals surface area (Å²) in [4.78, 5) is 16.0. The van der Waals surface area contributed by atoms with Gasteiger partial charge in [0.15, 0.2) is 0 Å². The molecule has 118 valence electrons. The van der Waals surface area contributed by atoms with Crippen molar-refractivity contribution in [1.29, 1.82) is 0 Å². The van der Waals surface area contributed by atoms with Gasteiger partial charge in [0.2, 0.25) is 0 Å². The number of ether oxygens (including phenoxy) is 2. The summed E-state index contributed by atoms with van der Waals surface area (Å²) in [5, 5.41) is 9.36. The molecule has 3 heterocycles. The molecule has 0 radical (unpaired) electrons. The van der Waals surface area contributed by atoms with Gasteiger partial charge in [-0.3, -0.25) is 0 Å². The molecule has 0 bridgehead atoms. The fraction of sp³-hybridized carbons (Fsp3) is 0.500. The second-order valence-electron chi connectivity index (χ2n) is 5.81. The van der Waals surface area contributed by atoms with E-state index < -0.39 is 5.97 Å². The molecule has 2 aromatic rings. The first-order valence-electron chi connectivity index (χ1n) is 7.59. The zero-order chi connectivity index (χ0) is 15.7. The average molecular weight is 304 g/mol. The van der Waals surface area contributed by atoms with E-state index in [0.717, 1.165) is 31.6 Å². The zero-order valence-electron chi connectivity index (χ0n) is 12.8. The fourth-order valence-electron chi connectivity index (χ4n) is 2.68. The van der Waals surface area contributed by atoms with Crippen LogP contribution in [0.4, 0.5) is 0 Å². The van der Waals surface area contributed by atoms with E-state index in [-0.39, 0.29) is 17.8 Å². The number of carbonyl (C=O) groups is 1. The summed E-state index contributed by atoms with van der Waals surface area (Å²) >= 11 is 0. The van der Waals surface area contributed by atoms with Crippen LogP contribution in [0.2, 0.25) is 0 Å². The Kier molecular flexibility index (Phi) is 4.02. The van der Waals surface area contributed by atoms with Gasteiger partial charge in [-0.25, -0.2) is 9.78 Å². The second-order valence-corrected chi connectivity index (χ2v) is 5.81. The number of aromatic carboxylic acids is 1. The van der Waals surface area contributed by atoms with Gasteiger partial charge in [-0.2, -0.15) is 0 Å². The molecule has 2 aromatic heterocycles. The molecule has 6 heteroatoms. The molecule has 3 rings (SSSR count). The molecule has 1 atom stereocenters. The molecular weight excluding hydrogens is 284 g/mol. The summed E-state index contributed by atoms with van der Waals surface area (Å²) in [6, 6.07) is 1.68. The number of carboxylic acid groups (broad SMARTS) is 1. The Balaban J connectivity index is 2.01. The van der Waals surface area contributed by atoms with Gasteiger partial charge in [-0.1, -0.05) is 0 Å². The van der Waals surface area contributed by atoms with E-state index in [1.165, 1.54) is 0 Å². The number of fused-ring (bicyclic) bond motifs is 1. The van der Waals surface area contributed by atoms with Crippen LogP contribution in [0.15, 0.2) is 18.5 Å². The monoisotopic (exact) mass is 304 g/mol. The maximum Gasteiger partial charge on any atom is 0.341 e. The number of hydrogen-bond donors (Lipinski definition) is 1. The van der Waals surface area contributed by atoms with Crippen molar-refractivity contribution >= 4 is 11.6 Å². The number of nitrogens with zero attached hydrogens (tertiary/aromatic N) is 2. The first-order valence-corrected chi connectivity index (χ1v) is 7.59. The Morgan fingerprint density at radius 1 is 1.45 bits per heavy atom. The minimum atomic E-state index is -1.01. The largest absolute Gasteiger partial charge is 0.490 e. The number of pyridine rings is 1. The minimum Gasteiger partial charge on any atom is -0.490 e. The van der Waals surface area contributed by atoms with Gasteiger partial charge in [-0.05, 0) is 33.1 Å². The van der Waals surface area contributed by atoms with Crippen LogP contribution >= 0.6 is 0 Å². The topological polar surface area (TPSA) is 73.1 Å². The van der Waals surface area contributed by atoms with Crippen LogP contribution in [-0.2, 0) is 4.74 Å². The Morgan fingerprint density at radius 2 is 2.27 bits per heavy atom. The molecule has 6 nitrogen and oxygen atoms in total. The lowest BCUT2D eigenvalue weighted by atomic mass is 10.1. The number of hydrogen-bond acceptors (Lipinski definition) is 4. The Labute approximate surface area is 128 Å². The zero-order valence-corrected chi connectivity index (χ0v) is 12.8. The molecule has 0 saturated carbocycles. The first kappa shape index (κ1) is 14.8. The van der Waals surface area contributed by atoms with Crippen LogP contribution in [-0.4, -0.2) is 33.2 Å². The van der Waals surface area contributed by atoms with E-state index >= 15 is 0 Å². The molecule has 0 amide bonds. The smallest absolute Gasteiger partial charge is 0.341 e. The highest BCUT2D eigenvalue weighted by Crippen LogP contribution is 2.29. The molecule has 1 aliphatic heterocycles. The van der Waals surface area contributed by atoms with Gasteiger partial charge in [0.1, 0.15) is 23.1 Å². The van der Waals surface area contributed by atoms with Crippen LogP contribution < -0.4 is 4.74 Å². The summed E-state index contributed by atoms with van der Waals surface area (Å²) in [6.07, 6.45) is 6.45. The van der Waals surface area contributed by atoms with Crippen molar-refractivity contribution in [3.63, 3.8) is 0 Å². The molecule has 1 saturated heterocycles. The molecule has 0 aromatic carbocycles. The van der Waals surface area contributed by atoms with Crippen LogP contribution in [0.5, 0.6) is 5.75 Å². The van der Waals surface area contributed by atoms with Crippen LogP contribution in [0.1, 0.15) is 55.3 Å². The first-order chi connectivity index (χ1) is 10.5. The van der Waals surface area contributed by atoms with Crippen molar-refractivity contribution in [2.24, 2.45) is 0 Å². The lowest BCUT2D eigenvalue weighted by Gasteiger charge is -2.20. The average Bonchev–Trinajstić information content (AvgIpc) is 2.89. The molecule has 0 spiro atoms. The third kappa shape index (κ3) is 2.92. The third-order valence-corrected chi connectivity index (χ3v) is 3.68. The predicted octanol–water partition coefficient (Wildman–Crippen LogP) is 3.06. The van der Waals surface area contributed by atoms with Crippen molar-refractivity contribution in [3.05, 3.63) is 29.7 Å². The number of rotatable bonds is 4. The summed E-state index contributed by atoms with van der Waals surface area (Å²) in [7, 11) is 0. The maximum absolute atomic E-state index is 11.4. The lowest BCUT2D eigenvalue weighted by molar-refractivity contribution is 0.0126. The van der Waals surface area contributed by atoms with Crippen LogP contribution in [0.3, 0.4) is 0 Å². The van der Waals surface area contributed by atoms with Crippen molar-refractivity contribution in [3.8, 4) is 5.75 Å². The Bertz CT molecular complexity index is 687. The van der Waals surface area contributed by atoms with E-state index in [0.29, 0.717) is 11.4 Å². The fourth-order valence-corrected chi connectivity index (χ4v) is 2.68. The summed E-state index contributed by atoms with van der Waals surface area (Å²) in [6.45, 7) is 4.48. The van der Waals surface area contributed by atoms with Crippen molar-refractivity contribution < 1.29 is 19.4 Å². The summed E-state index contributed by atoms with van der Waals surface area (Å²) < 4.78 is 13.1. The van der Waals surface area contributed by atoms with Crippen molar-refractivity contribution in [2.75, 3.05) is 6.61 Å². The summed E-state index contributed by atoms with van der Waals surface area (Å²) in [5.41, 5.74) is 1.65. The third-order valence-electron chi connectivity index (χ3n) is 3.68. The Hall–Kier alpha value is -2.08. The van der Waals surface area contributed by atoms with Crippen LogP contribution in [0.25, 0.3) is 5.65 Å². The molecule has 1 unspecified atom stereocenters. The van der Waals surface area contributed by atoms with Gasteiger partial charge in [-0.15, -0.1) is 0 Å². The van der Waals surface area contributed by atoms with E-state index in [2.05, 4.69) is 4.98 Å². The van der Waals surface area contributed by atoms with Gasteiger partial charge in [0, 0.05) is 25.1 Å². The van der Waals surface area contributed by atoms with Gasteiger partial charge >= 0.3 is 5.97 Å². The standard InChI is InChI=1S/C16H20N2O4/c1-10(2)22-14-7-15-17-12(13-5-3-4-6-21-13)9-18(15)8-11(14)16(19)20/h7-10,13H,3-6H2,1-2H3,(H,19,20). The molecular formula is C16H20N2O4. The van der Waals surface area contributed by atoms with Crippen molar-refractivity contribution in [1.82, 2.24) is 9.38 Å². The predicted molar refractivity (Wildman–Crippen MR) is 80.5 cm³/mol. The van der Waals surface area contributed by atoms with Crippen molar-refractivity contribution in [2.45, 2.75) is 45.3 Å². The normalized spacial score (nSPS) is 18.8. The van der Waals surface area contributed by atoms with E-state index in [4.69, 9.17) is 9.47 Å². The number of carboxylic acids is 1. The molecule has 1 aliphatic rings. The number of imidazole rings is 1. The van der Waals surface area contributed by atoms with E-state index in [1.54, 1.807) is 16.7 Å². The quantitative estimate of drug-likeness (QED) is 0.939. The molecule has 22 heavy (non-hydrogen) atoms. The van der Waals surface area contributed by atoms with E-state index in [1.807, 2.05) is 20.0 Å². The van der Waals surface area contributed by atoms with Gasteiger partial charge in [0.25, 0.3) is 0 Å². The SMILES string of the molecule is CC(C)Oc1cc2nc(C3CCCCO3)cn2cc1C(=O)O. The minimum absolute atomic E-state index is 0.00334.